The number of methoxy groups -OCH3 is 1. The molecule has 0 aromatic rings. The van der Waals surface area contributed by atoms with Gasteiger partial charge in [0.25, 0.3) is 0 Å². The minimum Gasteiger partial charge on any atom is -0.502 e. The summed E-state index contributed by atoms with van der Waals surface area (Å²) < 4.78 is 4.90. The number of Topliss-reactive ketones (excluding diaryl/α,β-unsaturated/α-hetero) is 1. The Labute approximate surface area is 68.2 Å². The number of hydrogen-bond donors (Lipinski definition) is 0. The molecule has 0 aliphatic carbocycles. The van der Waals surface area contributed by atoms with Gasteiger partial charge in [-0.25, -0.2) is 0 Å². The van der Waals surface area contributed by atoms with E-state index in [0.717, 1.165) is 12.2 Å². The Morgan fingerprint density at radius 2 is 2.09 bits per heavy atom. The Morgan fingerprint density at radius 3 is 2.45 bits per heavy atom. The van der Waals surface area contributed by atoms with Gasteiger partial charge in [-0.2, -0.15) is 0 Å². The smallest absolute Gasteiger partial charge is 0.130 e. The van der Waals surface area contributed by atoms with Gasteiger partial charge in [0.15, 0.2) is 0 Å². The lowest BCUT2D eigenvalue weighted by Gasteiger charge is -2.09. The van der Waals surface area contributed by atoms with E-state index in [0.29, 0.717) is 12.3 Å². The van der Waals surface area contributed by atoms with Crippen molar-refractivity contribution in [1.82, 2.24) is 0 Å². The monoisotopic (exact) mass is 156 g/mol. The molecule has 0 aliphatic rings. The minimum atomic E-state index is 0.224. The molecule has 2 nitrogen and oxygen atoms in total. The molecule has 0 aromatic heterocycles. The number of allylic oxidation sites excluding steroid dienone is 1. The molecule has 0 amide bonds. The zero-order valence-corrected chi connectivity index (χ0v) is 7.52. The van der Waals surface area contributed by atoms with Gasteiger partial charge in [-0.1, -0.05) is 13.5 Å². The van der Waals surface area contributed by atoms with Crippen molar-refractivity contribution in [2.45, 2.75) is 26.7 Å². The predicted molar refractivity (Wildman–Crippen MR) is 45.2 cm³/mol. The van der Waals surface area contributed by atoms with Crippen LogP contribution in [0.1, 0.15) is 26.7 Å². The van der Waals surface area contributed by atoms with Crippen molar-refractivity contribution in [3.63, 3.8) is 0 Å². The first-order valence-electron chi connectivity index (χ1n) is 3.77. The molecule has 0 saturated carbocycles. The molecule has 0 N–H and O–H groups in total. The second-order valence-corrected chi connectivity index (χ2v) is 2.96. The van der Waals surface area contributed by atoms with E-state index >= 15 is 0 Å². The van der Waals surface area contributed by atoms with Gasteiger partial charge in [0.1, 0.15) is 5.78 Å². The third-order valence-corrected chi connectivity index (χ3v) is 1.50. The predicted octanol–water partition coefficient (Wildman–Crippen LogP) is 2.15. The maximum atomic E-state index is 10.7. The summed E-state index contributed by atoms with van der Waals surface area (Å²) in [6.07, 6.45) is 1.39. The first-order chi connectivity index (χ1) is 5.06. The molecule has 0 heterocycles. The molecule has 64 valence electrons. The maximum absolute atomic E-state index is 10.7. The Hall–Kier alpha value is -0.790. The summed E-state index contributed by atoms with van der Waals surface area (Å²) in [5, 5.41) is 0. The first kappa shape index (κ1) is 10.2. The molecule has 2 heteroatoms. The molecule has 0 radical (unpaired) electrons. The van der Waals surface area contributed by atoms with Crippen molar-refractivity contribution < 1.29 is 9.53 Å². The van der Waals surface area contributed by atoms with Gasteiger partial charge in [0, 0.05) is 12.8 Å². The first-order valence-corrected chi connectivity index (χ1v) is 3.77. The van der Waals surface area contributed by atoms with Crippen LogP contribution in [0, 0.1) is 5.92 Å². The van der Waals surface area contributed by atoms with Gasteiger partial charge >= 0.3 is 0 Å². The van der Waals surface area contributed by atoms with Gasteiger partial charge in [0.05, 0.1) is 12.9 Å². The van der Waals surface area contributed by atoms with Gasteiger partial charge in [-0.15, -0.1) is 0 Å². The van der Waals surface area contributed by atoms with Crippen LogP contribution in [0.3, 0.4) is 0 Å². The summed E-state index contributed by atoms with van der Waals surface area (Å²) in [5.74, 6) is 1.32. The highest BCUT2D eigenvalue weighted by atomic mass is 16.5. The summed E-state index contributed by atoms with van der Waals surface area (Å²) in [4.78, 5) is 10.7. The van der Waals surface area contributed by atoms with Crippen LogP contribution >= 0.6 is 0 Å². The van der Waals surface area contributed by atoms with E-state index in [9.17, 15) is 4.79 Å². The van der Waals surface area contributed by atoms with E-state index in [1.54, 1.807) is 14.0 Å². The topological polar surface area (TPSA) is 26.3 Å². The van der Waals surface area contributed by atoms with Crippen molar-refractivity contribution >= 4 is 5.78 Å². The van der Waals surface area contributed by atoms with Crippen molar-refractivity contribution in [2.75, 3.05) is 7.11 Å². The second-order valence-electron chi connectivity index (χ2n) is 2.96. The number of carbonyl (C=O) groups excluding carboxylic acids is 1. The van der Waals surface area contributed by atoms with Gasteiger partial charge in [0.2, 0.25) is 0 Å². The number of ether oxygens (including phenoxy) is 1. The zero-order valence-electron chi connectivity index (χ0n) is 7.52. The molecule has 11 heavy (non-hydrogen) atoms. The summed E-state index contributed by atoms with van der Waals surface area (Å²) in [7, 11) is 1.60. The Morgan fingerprint density at radius 1 is 1.55 bits per heavy atom. The molecular formula is C9H16O2. The van der Waals surface area contributed by atoms with E-state index in [2.05, 4.69) is 6.58 Å². The highest BCUT2D eigenvalue weighted by molar-refractivity contribution is 5.75. The molecule has 0 rings (SSSR count). The molecule has 0 saturated heterocycles. The van der Waals surface area contributed by atoms with Crippen LogP contribution < -0.4 is 0 Å². The van der Waals surface area contributed by atoms with Crippen molar-refractivity contribution in [1.29, 1.82) is 0 Å². The average Bonchev–Trinajstić information content (AvgIpc) is 1.85. The van der Waals surface area contributed by atoms with Crippen LogP contribution in [0.4, 0.5) is 0 Å². The summed E-state index contributed by atoms with van der Waals surface area (Å²) in [6, 6.07) is 0. The summed E-state index contributed by atoms with van der Waals surface area (Å²) in [5.41, 5.74) is 0. The highest BCUT2D eigenvalue weighted by Crippen LogP contribution is 2.13. The van der Waals surface area contributed by atoms with Crippen LogP contribution in [0.15, 0.2) is 12.3 Å². The van der Waals surface area contributed by atoms with Crippen molar-refractivity contribution in [3.05, 3.63) is 12.3 Å². The molecule has 0 fully saturated rings. The lowest BCUT2D eigenvalue weighted by Crippen LogP contribution is -2.03. The molecule has 0 bridgehead atoms. The number of carbonyl (C=O) groups is 1. The Kier molecular flexibility index (Phi) is 4.59. The highest BCUT2D eigenvalue weighted by Gasteiger charge is 2.06. The van der Waals surface area contributed by atoms with Gasteiger partial charge < -0.3 is 9.53 Å². The maximum Gasteiger partial charge on any atom is 0.130 e. The van der Waals surface area contributed by atoms with Crippen molar-refractivity contribution in [2.24, 2.45) is 5.92 Å². The fourth-order valence-electron chi connectivity index (χ4n) is 1.03. The SMILES string of the molecule is C=C(C[C@@H](C)CC(C)=O)OC. The van der Waals surface area contributed by atoms with E-state index in [1.165, 1.54) is 0 Å². The molecule has 0 unspecified atom stereocenters. The average molecular weight is 156 g/mol. The van der Waals surface area contributed by atoms with Gasteiger partial charge in [-0.05, 0) is 12.8 Å². The summed E-state index contributed by atoms with van der Waals surface area (Å²) >= 11 is 0. The Bertz CT molecular complexity index is 150. The quantitative estimate of drug-likeness (QED) is 0.570. The zero-order chi connectivity index (χ0) is 8.85. The van der Waals surface area contributed by atoms with Crippen LogP contribution in [0.5, 0.6) is 0 Å². The minimum absolute atomic E-state index is 0.224. The number of rotatable bonds is 5. The van der Waals surface area contributed by atoms with Crippen LogP contribution in [-0.4, -0.2) is 12.9 Å². The molecule has 0 aromatic carbocycles. The molecule has 1 atom stereocenters. The van der Waals surface area contributed by atoms with E-state index in [1.807, 2.05) is 6.92 Å². The van der Waals surface area contributed by atoms with Crippen LogP contribution in [0.25, 0.3) is 0 Å². The normalized spacial score (nSPS) is 12.3. The van der Waals surface area contributed by atoms with E-state index in [-0.39, 0.29) is 5.78 Å². The van der Waals surface area contributed by atoms with Crippen LogP contribution in [0.2, 0.25) is 0 Å². The molecule has 0 aliphatic heterocycles. The van der Waals surface area contributed by atoms with E-state index in [4.69, 9.17) is 4.74 Å². The lowest BCUT2D eigenvalue weighted by molar-refractivity contribution is -0.117. The molecular weight excluding hydrogens is 140 g/mol. The number of ketones is 1. The van der Waals surface area contributed by atoms with Crippen LogP contribution in [-0.2, 0) is 9.53 Å². The van der Waals surface area contributed by atoms with Gasteiger partial charge in [-0.3, -0.25) is 0 Å². The largest absolute Gasteiger partial charge is 0.502 e. The fraction of sp³-hybridized carbons (Fsp3) is 0.667. The lowest BCUT2D eigenvalue weighted by atomic mass is 10.0. The van der Waals surface area contributed by atoms with E-state index < -0.39 is 0 Å². The second kappa shape index (κ2) is 4.94. The third kappa shape index (κ3) is 5.64. The van der Waals surface area contributed by atoms with Crippen molar-refractivity contribution in [3.8, 4) is 0 Å². The standard InChI is InChI=1S/C9H16O2/c1-7(5-8(2)10)6-9(3)11-4/h7H,3,5-6H2,1-2,4H3/t7-/m0/s1. The number of hydrogen-bond acceptors (Lipinski definition) is 2. The summed E-state index contributed by atoms with van der Waals surface area (Å²) in [6.45, 7) is 7.31. The fourth-order valence-corrected chi connectivity index (χ4v) is 1.03. The third-order valence-electron chi connectivity index (χ3n) is 1.50. The molecule has 0 spiro atoms. The Balaban J connectivity index is 3.60.